The average molecular weight is 569 g/mol. The number of amides is 1. The normalized spacial score (nSPS) is 11.5. The number of carbonyl (C=O) groups is 2. The molecule has 5 aromatic rings. The minimum absolute atomic E-state index is 0.0178. The van der Waals surface area contributed by atoms with Crippen molar-refractivity contribution in [3.8, 4) is 17.2 Å². The van der Waals surface area contributed by atoms with Crippen molar-refractivity contribution < 1.29 is 28.5 Å². The molecule has 3 aromatic heterocycles. The van der Waals surface area contributed by atoms with Crippen LogP contribution in [0, 0.1) is 0 Å². The molecule has 0 aliphatic heterocycles. The summed E-state index contributed by atoms with van der Waals surface area (Å²) in [5, 5.41) is 0.164. The molecular formula is C31H28N4O7. The van der Waals surface area contributed by atoms with Crippen molar-refractivity contribution in [3.05, 3.63) is 105 Å². The minimum Gasteiger partial charge on any atom is -0.493 e. The lowest BCUT2D eigenvalue weighted by atomic mass is 10.1. The second-order valence-electron chi connectivity index (χ2n) is 9.09. The van der Waals surface area contributed by atoms with Crippen LogP contribution in [-0.2, 0) is 11.3 Å². The van der Waals surface area contributed by atoms with Gasteiger partial charge in [0, 0.05) is 11.8 Å². The monoisotopic (exact) mass is 568 g/mol. The van der Waals surface area contributed by atoms with E-state index in [1.807, 2.05) is 30.3 Å². The van der Waals surface area contributed by atoms with Crippen LogP contribution >= 0.6 is 0 Å². The zero-order valence-electron chi connectivity index (χ0n) is 23.5. The van der Waals surface area contributed by atoms with Crippen LogP contribution in [0.5, 0.6) is 17.2 Å². The molecule has 214 valence electrons. The third-order valence-electron chi connectivity index (χ3n) is 6.59. The van der Waals surface area contributed by atoms with Crippen LogP contribution in [0.2, 0.25) is 0 Å². The highest BCUT2D eigenvalue weighted by molar-refractivity contribution is 5.98. The van der Waals surface area contributed by atoms with E-state index in [9.17, 15) is 14.4 Å². The van der Waals surface area contributed by atoms with Crippen LogP contribution in [0.4, 0.5) is 0 Å². The van der Waals surface area contributed by atoms with Crippen molar-refractivity contribution in [2.45, 2.75) is 13.5 Å². The summed E-state index contributed by atoms with van der Waals surface area (Å²) >= 11 is 0. The van der Waals surface area contributed by atoms with E-state index in [1.54, 1.807) is 35.9 Å². The van der Waals surface area contributed by atoms with Gasteiger partial charge in [0.2, 0.25) is 5.75 Å². The molecule has 3 heterocycles. The second-order valence-corrected chi connectivity index (χ2v) is 9.09. The maximum Gasteiger partial charge on any atom is 0.341 e. The number of methoxy groups -OCH3 is 3. The summed E-state index contributed by atoms with van der Waals surface area (Å²) < 4.78 is 24.5. The molecule has 0 aliphatic rings. The number of nitrogens with zero attached hydrogens (tertiary/aromatic N) is 4. The van der Waals surface area contributed by atoms with Gasteiger partial charge in [0.25, 0.3) is 11.5 Å². The number of rotatable bonds is 8. The van der Waals surface area contributed by atoms with E-state index in [1.165, 1.54) is 43.9 Å². The van der Waals surface area contributed by atoms with Gasteiger partial charge in [-0.15, -0.1) is 0 Å². The molecule has 2 aromatic carbocycles. The van der Waals surface area contributed by atoms with Crippen molar-refractivity contribution in [1.29, 1.82) is 0 Å². The Morgan fingerprint density at radius 3 is 2.24 bits per heavy atom. The molecule has 11 nitrogen and oxygen atoms in total. The van der Waals surface area contributed by atoms with Gasteiger partial charge in [-0.25, -0.2) is 9.78 Å². The Balaban J connectivity index is 1.87. The molecule has 0 saturated carbocycles. The first-order valence-corrected chi connectivity index (χ1v) is 13.0. The highest BCUT2D eigenvalue weighted by atomic mass is 16.5. The van der Waals surface area contributed by atoms with Crippen LogP contribution in [0.25, 0.3) is 16.7 Å². The molecule has 0 fully saturated rings. The zero-order chi connectivity index (χ0) is 29.8. The summed E-state index contributed by atoms with van der Waals surface area (Å²) in [5.41, 5.74) is 1.13. The zero-order valence-corrected chi connectivity index (χ0v) is 23.5. The van der Waals surface area contributed by atoms with E-state index in [2.05, 4.69) is 4.99 Å². The first kappa shape index (κ1) is 28.1. The van der Waals surface area contributed by atoms with E-state index in [0.717, 1.165) is 5.56 Å². The van der Waals surface area contributed by atoms with Gasteiger partial charge in [-0.3, -0.25) is 14.0 Å². The summed E-state index contributed by atoms with van der Waals surface area (Å²) in [6, 6.07) is 18.9. The van der Waals surface area contributed by atoms with Gasteiger partial charge in [-0.05, 0) is 42.8 Å². The van der Waals surface area contributed by atoms with Crippen LogP contribution in [-0.4, -0.2) is 53.8 Å². The third-order valence-corrected chi connectivity index (χ3v) is 6.59. The maximum atomic E-state index is 13.7. The maximum absolute atomic E-state index is 13.7. The molecule has 0 spiro atoms. The minimum atomic E-state index is -0.741. The molecular weight excluding hydrogens is 540 g/mol. The fraction of sp³-hybridized carbons (Fsp3) is 0.194. The Morgan fingerprint density at radius 1 is 0.905 bits per heavy atom. The number of carbonyl (C=O) groups excluding carboxylic acids is 2. The topological polar surface area (TPSA) is 123 Å². The smallest absolute Gasteiger partial charge is 0.341 e. The number of ether oxygens (including phenoxy) is 4. The number of esters is 1. The molecule has 1 amide bonds. The number of hydrogen-bond donors (Lipinski definition) is 0. The van der Waals surface area contributed by atoms with Crippen LogP contribution in [0.3, 0.4) is 0 Å². The molecule has 0 bridgehead atoms. The largest absolute Gasteiger partial charge is 0.493 e. The van der Waals surface area contributed by atoms with Gasteiger partial charge in [-0.1, -0.05) is 36.4 Å². The van der Waals surface area contributed by atoms with Gasteiger partial charge in [0.15, 0.2) is 17.0 Å². The Hall–Kier alpha value is -5.45. The van der Waals surface area contributed by atoms with Crippen molar-refractivity contribution in [3.63, 3.8) is 0 Å². The number of fused-ring (bicyclic) bond motifs is 2. The SMILES string of the molecule is CCOC(=O)c1cc2c(=O)n3ccccc3nc2n(Cc2ccccc2)c1=NC(=O)c1cc(OC)c(OC)c(OC)c1. The summed E-state index contributed by atoms with van der Waals surface area (Å²) in [6.07, 6.45) is 1.60. The van der Waals surface area contributed by atoms with Gasteiger partial charge in [0.1, 0.15) is 16.9 Å². The highest BCUT2D eigenvalue weighted by Crippen LogP contribution is 2.38. The number of pyridine rings is 2. The predicted octanol–water partition coefficient (Wildman–Crippen LogP) is 3.64. The van der Waals surface area contributed by atoms with Gasteiger partial charge >= 0.3 is 5.97 Å². The molecule has 0 saturated heterocycles. The van der Waals surface area contributed by atoms with E-state index in [0.29, 0.717) is 11.4 Å². The third kappa shape index (κ3) is 5.19. The number of benzene rings is 2. The van der Waals surface area contributed by atoms with Crippen molar-refractivity contribution in [2.24, 2.45) is 4.99 Å². The van der Waals surface area contributed by atoms with Crippen LogP contribution in [0.15, 0.2) is 82.7 Å². The lowest BCUT2D eigenvalue weighted by molar-refractivity contribution is 0.0523. The summed E-state index contributed by atoms with van der Waals surface area (Å²) in [6.45, 7) is 1.89. The predicted molar refractivity (Wildman–Crippen MR) is 154 cm³/mol. The Bertz CT molecular complexity index is 1920. The lowest BCUT2D eigenvalue weighted by Crippen LogP contribution is -2.33. The lowest BCUT2D eigenvalue weighted by Gasteiger charge is -2.16. The van der Waals surface area contributed by atoms with E-state index in [4.69, 9.17) is 23.9 Å². The highest BCUT2D eigenvalue weighted by Gasteiger charge is 2.22. The Labute approximate surface area is 240 Å². The summed E-state index contributed by atoms with van der Waals surface area (Å²) in [5.74, 6) is -0.602. The van der Waals surface area contributed by atoms with Gasteiger partial charge in [0.05, 0.1) is 39.9 Å². The molecule has 42 heavy (non-hydrogen) atoms. The molecule has 11 heteroatoms. The molecule has 0 radical (unpaired) electrons. The summed E-state index contributed by atoms with van der Waals surface area (Å²) in [4.78, 5) is 49.8. The van der Waals surface area contributed by atoms with Crippen molar-refractivity contribution in [1.82, 2.24) is 14.0 Å². The summed E-state index contributed by atoms with van der Waals surface area (Å²) in [7, 11) is 4.33. The Morgan fingerprint density at radius 2 is 1.60 bits per heavy atom. The number of aromatic nitrogens is 3. The average Bonchev–Trinajstić information content (AvgIpc) is 3.02. The first-order chi connectivity index (χ1) is 20.4. The molecule has 0 aliphatic carbocycles. The number of hydrogen-bond acceptors (Lipinski definition) is 8. The van der Waals surface area contributed by atoms with E-state index >= 15 is 0 Å². The molecule has 0 N–H and O–H groups in total. The molecule has 0 unspecified atom stereocenters. The van der Waals surface area contributed by atoms with E-state index < -0.39 is 11.9 Å². The molecule has 5 rings (SSSR count). The van der Waals surface area contributed by atoms with Crippen molar-refractivity contribution >= 4 is 28.6 Å². The second kappa shape index (κ2) is 12.0. The van der Waals surface area contributed by atoms with Gasteiger partial charge in [-0.2, -0.15) is 4.99 Å². The first-order valence-electron chi connectivity index (χ1n) is 13.0. The van der Waals surface area contributed by atoms with Crippen LogP contribution < -0.4 is 25.3 Å². The van der Waals surface area contributed by atoms with Gasteiger partial charge < -0.3 is 23.5 Å². The quantitative estimate of drug-likeness (QED) is 0.205. The fourth-order valence-electron chi connectivity index (χ4n) is 4.64. The van der Waals surface area contributed by atoms with Crippen molar-refractivity contribution in [2.75, 3.05) is 27.9 Å². The fourth-order valence-corrected chi connectivity index (χ4v) is 4.64. The van der Waals surface area contributed by atoms with E-state index in [-0.39, 0.29) is 57.9 Å². The standard InChI is InChI=1S/C31H28N4O7/c1-5-42-31(38)22-17-21-27(32-25-13-9-10-14-34(25)30(21)37)35(18-19-11-7-6-8-12-19)28(22)33-29(36)20-15-23(39-2)26(41-4)24(16-20)40-3/h6-17H,5,18H2,1-4H3. The molecule has 0 atom stereocenters. The van der Waals surface area contributed by atoms with Crippen LogP contribution in [0.1, 0.15) is 33.2 Å². The Kier molecular flexibility index (Phi) is 8.00.